The highest BCUT2D eigenvalue weighted by atomic mass is 16.3. The predicted molar refractivity (Wildman–Crippen MR) is 69.0 cm³/mol. The van der Waals surface area contributed by atoms with Crippen molar-refractivity contribution in [2.45, 2.75) is 6.42 Å². The molecule has 0 aliphatic rings. The van der Waals surface area contributed by atoms with Crippen LogP contribution >= 0.6 is 0 Å². The molecular weight excluding hydrogens is 246 g/mol. The molecule has 1 aromatic heterocycles. The van der Waals surface area contributed by atoms with Crippen molar-refractivity contribution in [2.24, 2.45) is 0 Å². The van der Waals surface area contributed by atoms with E-state index >= 15 is 0 Å². The molecule has 0 radical (unpaired) electrons. The summed E-state index contributed by atoms with van der Waals surface area (Å²) in [6.45, 7) is 0.372. The molecule has 19 heavy (non-hydrogen) atoms. The van der Waals surface area contributed by atoms with Crippen LogP contribution in [-0.4, -0.2) is 27.8 Å². The van der Waals surface area contributed by atoms with Gasteiger partial charge in [-0.15, -0.1) is 0 Å². The molecule has 0 spiro atoms. The number of H-pyrrole nitrogens is 1. The topological polar surface area (TPSA) is 95.1 Å². The summed E-state index contributed by atoms with van der Waals surface area (Å²) in [6, 6.07) is 9.54. The van der Waals surface area contributed by atoms with Gasteiger partial charge in [-0.1, -0.05) is 18.2 Å². The summed E-state index contributed by atoms with van der Waals surface area (Å²) in [6.07, 6.45) is 0.516. The number of amides is 1. The van der Waals surface area contributed by atoms with Gasteiger partial charge < -0.3 is 10.4 Å². The molecule has 0 saturated heterocycles. The van der Waals surface area contributed by atoms with Gasteiger partial charge in [0.1, 0.15) is 11.4 Å². The normalized spacial score (nSPS) is 10.1. The summed E-state index contributed by atoms with van der Waals surface area (Å²) in [5.41, 5.74) is 0.555. The van der Waals surface area contributed by atoms with Crippen LogP contribution in [0.4, 0.5) is 0 Å². The summed E-state index contributed by atoms with van der Waals surface area (Å²) in [4.78, 5) is 22.5. The predicted octanol–water partition coefficient (Wildman–Crippen LogP) is 0.448. The van der Waals surface area contributed by atoms with Crippen LogP contribution in [0.15, 0.2) is 41.2 Å². The van der Waals surface area contributed by atoms with Crippen LogP contribution in [-0.2, 0) is 6.42 Å². The zero-order valence-corrected chi connectivity index (χ0v) is 10.1. The molecule has 1 heterocycles. The molecule has 6 nitrogen and oxygen atoms in total. The van der Waals surface area contributed by atoms with E-state index in [1.807, 2.05) is 6.07 Å². The Morgan fingerprint density at radius 1 is 1.26 bits per heavy atom. The Kier molecular flexibility index (Phi) is 3.92. The third kappa shape index (κ3) is 3.41. The van der Waals surface area contributed by atoms with Crippen molar-refractivity contribution < 1.29 is 9.90 Å². The van der Waals surface area contributed by atoms with Gasteiger partial charge >= 0.3 is 0 Å². The van der Waals surface area contributed by atoms with Crippen LogP contribution in [0.1, 0.15) is 16.1 Å². The molecule has 0 atom stereocenters. The number of carbonyl (C=O) groups excluding carboxylic acids is 1. The number of para-hydroxylation sites is 1. The van der Waals surface area contributed by atoms with Gasteiger partial charge in [-0.2, -0.15) is 5.10 Å². The van der Waals surface area contributed by atoms with Gasteiger partial charge in [0.05, 0.1) is 0 Å². The van der Waals surface area contributed by atoms with Gasteiger partial charge in [-0.3, -0.25) is 9.59 Å². The molecular formula is C13H13N3O3. The lowest BCUT2D eigenvalue weighted by Gasteiger charge is -2.05. The molecule has 3 N–H and O–H groups in total. The van der Waals surface area contributed by atoms with Crippen LogP contribution < -0.4 is 10.9 Å². The molecule has 0 fully saturated rings. The molecule has 2 aromatic rings. The fourth-order valence-electron chi connectivity index (χ4n) is 1.59. The average molecular weight is 259 g/mol. The number of nitrogens with one attached hydrogen (secondary N) is 2. The lowest BCUT2D eigenvalue weighted by molar-refractivity contribution is 0.0948. The Labute approximate surface area is 109 Å². The van der Waals surface area contributed by atoms with Crippen LogP contribution in [0.3, 0.4) is 0 Å². The first kappa shape index (κ1) is 12.8. The minimum atomic E-state index is -0.369. The fourth-order valence-corrected chi connectivity index (χ4v) is 1.59. The number of aromatic hydroxyl groups is 1. The number of hydrogen-bond donors (Lipinski definition) is 3. The number of benzene rings is 1. The van der Waals surface area contributed by atoms with Crippen LogP contribution in [0.25, 0.3) is 0 Å². The van der Waals surface area contributed by atoms with Gasteiger partial charge in [-0.05, 0) is 24.1 Å². The Balaban J connectivity index is 1.89. The Morgan fingerprint density at radius 2 is 2.05 bits per heavy atom. The highest BCUT2D eigenvalue weighted by Gasteiger charge is 2.07. The smallest absolute Gasteiger partial charge is 0.271 e. The van der Waals surface area contributed by atoms with E-state index in [2.05, 4.69) is 15.5 Å². The standard InChI is InChI=1S/C13H13N3O3/c17-11-4-2-1-3-9(11)7-8-14-13(19)10-5-6-12(18)16-15-10/h1-6,17H,7-8H2,(H,14,19)(H,16,18). The maximum Gasteiger partial charge on any atom is 0.271 e. The van der Waals surface area contributed by atoms with Crippen molar-refractivity contribution in [1.29, 1.82) is 0 Å². The van der Waals surface area contributed by atoms with Crippen molar-refractivity contribution in [3.05, 3.63) is 58.0 Å². The van der Waals surface area contributed by atoms with Crippen molar-refractivity contribution >= 4 is 5.91 Å². The van der Waals surface area contributed by atoms with E-state index in [0.717, 1.165) is 5.56 Å². The monoisotopic (exact) mass is 259 g/mol. The minimum absolute atomic E-state index is 0.150. The van der Waals surface area contributed by atoms with Gasteiger partial charge in [-0.25, -0.2) is 5.10 Å². The molecule has 1 aromatic carbocycles. The highest BCUT2D eigenvalue weighted by Crippen LogP contribution is 2.15. The lowest BCUT2D eigenvalue weighted by atomic mass is 10.1. The van der Waals surface area contributed by atoms with E-state index in [-0.39, 0.29) is 22.9 Å². The van der Waals surface area contributed by atoms with Crippen LogP contribution in [0.5, 0.6) is 5.75 Å². The molecule has 0 bridgehead atoms. The summed E-state index contributed by atoms with van der Waals surface area (Å²) in [5.74, 6) is -0.161. The van der Waals surface area contributed by atoms with Gasteiger partial charge in [0.25, 0.3) is 11.5 Å². The molecule has 0 unspecified atom stereocenters. The SMILES string of the molecule is O=C(NCCc1ccccc1O)c1ccc(=O)[nH]n1. The van der Waals surface area contributed by atoms with Gasteiger partial charge in [0.15, 0.2) is 0 Å². The summed E-state index contributed by atoms with van der Waals surface area (Å²) >= 11 is 0. The Morgan fingerprint density at radius 3 is 2.74 bits per heavy atom. The van der Waals surface area contributed by atoms with Crippen molar-refractivity contribution in [3.63, 3.8) is 0 Å². The van der Waals surface area contributed by atoms with Gasteiger partial charge in [0, 0.05) is 12.6 Å². The van der Waals surface area contributed by atoms with Crippen LogP contribution in [0, 0.1) is 0 Å². The first-order chi connectivity index (χ1) is 9.16. The third-order valence-electron chi connectivity index (χ3n) is 2.58. The largest absolute Gasteiger partial charge is 0.508 e. The third-order valence-corrected chi connectivity index (χ3v) is 2.58. The van der Waals surface area contributed by atoms with E-state index in [1.54, 1.807) is 18.2 Å². The number of phenolic OH excluding ortho intramolecular Hbond substituents is 1. The van der Waals surface area contributed by atoms with E-state index < -0.39 is 0 Å². The van der Waals surface area contributed by atoms with E-state index in [4.69, 9.17) is 0 Å². The molecule has 0 saturated carbocycles. The van der Waals surface area contributed by atoms with Crippen molar-refractivity contribution in [3.8, 4) is 5.75 Å². The number of aromatic amines is 1. The highest BCUT2D eigenvalue weighted by molar-refractivity contribution is 5.91. The van der Waals surface area contributed by atoms with Crippen molar-refractivity contribution in [1.82, 2.24) is 15.5 Å². The zero-order valence-electron chi connectivity index (χ0n) is 10.1. The quantitative estimate of drug-likeness (QED) is 0.742. The van der Waals surface area contributed by atoms with Gasteiger partial charge in [0.2, 0.25) is 0 Å². The lowest BCUT2D eigenvalue weighted by Crippen LogP contribution is -2.27. The summed E-state index contributed by atoms with van der Waals surface area (Å²) in [7, 11) is 0. The Bertz CT molecular complexity index is 617. The number of rotatable bonds is 4. The number of nitrogens with zero attached hydrogens (tertiary/aromatic N) is 1. The molecule has 1 amide bonds. The number of phenols is 1. The van der Waals surface area contributed by atoms with E-state index in [1.165, 1.54) is 12.1 Å². The molecule has 2 rings (SSSR count). The molecule has 98 valence electrons. The second-order valence-corrected chi connectivity index (χ2v) is 3.94. The first-order valence-electron chi connectivity index (χ1n) is 5.77. The second kappa shape index (κ2) is 5.81. The van der Waals surface area contributed by atoms with E-state index in [0.29, 0.717) is 13.0 Å². The average Bonchev–Trinajstić information content (AvgIpc) is 2.41. The van der Waals surface area contributed by atoms with Crippen molar-refractivity contribution in [2.75, 3.05) is 6.54 Å². The molecule has 6 heteroatoms. The number of hydrogen-bond acceptors (Lipinski definition) is 4. The van der Waals surface area contributed by atoms with E-state index in [9.17, 15) is 14.7 Å². The second-order valence-electron chi connectivity index (χ2n) is 3.94. The maximum atomic E-state index is 11.7. The fraction of sp³-hybridized carbons (Fsp3) is 0.154. The van der Waals surface area contributed by atoms with Crippen LogP contribution in [0.2, 0.25) is 0 Å². The first-order valence-corrected chi connectivity index (χ1v) is 5.77. The summed E-state index contributed by atoms with van der Waals surface area (Å²) < 4.78 is 0. The molecule has 0 aliphatic heterocycles. The molecule has 0 aliphatic carbocycles. The number of carbonyl (C=O) groups is 1. The maximum absolute atomic E-state index is 11.7. The minimum Gasteiger partial charge on any atom is -0.508 e. The Hall–Kier alpha value is -2.63. The number of aromatic nitrogens is 2. The zero-order chi connectivity index (χ0) is 13.7. The summed E-state index contributed by atoms with van der Waals surface area (Å²) in [5, 5.41) is 18.0.